The number of esters is 1. The van der Waals surface area contributed by atoms with E-state index in [-0.39, 0.29) is 17.8 Å². The van der Waals surface area contributed by atoms with Gasteiger partial charge in [-0.05, 0) is 43.0 Å². The molecule has 0 aliphatic rings. The van der Waals surface area contributed by atoms with E-state index in [0.29, 0.717) is 5.75 Å². The van der Waals surface area contributed by atoms with Crippen molar-refractivity contribution in [2.45, 2.75) is 64.9 Å². The Morgan fingerprint density at radius 3 is 2.54 bits per heavy atom. The molecule has 0 spiro atoms. The molecule has 4 heteroatoms. The first-order valence-corrected chi connectivity index (χ1v) is 8.86. The Hall–Kier alpha value is -1.97. The summed E-state index contributed by atoms with van der Waals surface area (Å²) in [4.78, 5) is 12.1. The van der Waals surface area contributed by atoms with Gasteiger partial charge in [0.1, 0.15) is 6.10 Å². The van der Waals surface area contributed by atoms with E-state index in [1.165, 1.54) is 19.6 Å². The van der Waals surface area contributed by atoms with Gasteiger partial charge in [0.15, 0.2) is 11.5 Å². The lowest BCUT2D eigenvalue weighted by atomic mass is 10.1. The van der Waals surface area contributed by atoms with Gasteiger partial charge in [-0.15, -0.1) is 0 Å². The van der Waals surface area contributed by atoms with Crippen LogP contribution in [0.1, 0.15) is 64.4 Å². The summed E-state index contributed by atoms with van der Waals surface area (Å²) >= 11 is 0. The second-order valence-electron chi connectivity index (χ2n) is 5.96. The van der Waals surface area contributed by atoms with Crippen molar-refractivity contribution in [2.24, 2.45) is 0 Å². The first-order chi connectivity index (χ1) is 11.6. The number of ether oxygens (including phenoxy) is 2. The third-order valence-electron chi connectivity index (χ3n) is 3.91. The molecule has 1 atom stereocenters. The third-order valence-corrected chi connectivity index (χ3v) is 3.91. The molecule has 0 aliphatic carbocycles. The Balaban J connectivity index is 2.59. The van der Waals surface area contributed by atoms with E-state index in [1.54, 1.807) is 24.3 Å². The molecule has 0 aromatic heterocycles. The fourth-order valence-electron chi connectivity index (χ4n) is 2.48. The zero-order valence-electron chi connectivity index (χ0n) is 15.1. The van der Waals surface area contributed by atoms with Crippen molar-refractivity contribution in [3.8, 4) is 11.5 Å². The number of carbonyl (C=O) groups is 1. The molecule has 0 bridgehead atoms. The first kappa shape index (κ1) is 20.1. The fraction of sp³-hybridized carbons (Fsp3) is 0.550. The normalized spacial score (nSPS) is 12.3. The highest BCUT2D eigenvalue weighted by atomic mass is 16.5. The molecular weight excluding hydrogens is 304 g/mol. The number of phenols is 1. The lowest BCUT2D eigenvalue weighted by Crippen LogP contribution is -2.17. The smallest absolute Gasteiger partial charge is 0.331 e. The quantitative estimate of drug-likeness (QED) is 0.348. The highest BCUT2D eigenvalue weighted by Gasteiger charge is 2.12. The SMILES string of the molecule is CCCCCC(CCCC)OC(=O)/C=C/c1ccc(O)c(OC)c1. The van der Waals surface area contributed by atoms with Crippen molar-refractivity contribution in [3.63, 3.8) is 0 Å². The van der Waals surface area contributed by atoms with Crippen LogP contribution in [0.5, 0.6) is 11.5 Å². The maximum atomic E-state index is 12.1. The second kappa shape index (κ2) is 11.5. The molecular formula is C20H30O4. The molecule has 1 rings (SSSR count). The van der Waals surface area contributed by atoms with Crippen LogP contribution in [0.15, 0.2) is 24.3 Å². The number of hydrogen-bond acceptors (Lipinski definition) is 4. The number of aromatic hydroxyl groups is 1. The summed E-state index contributed by atoms with van der Waals surface area (Å²) in [6.07, 6.45) is 10.6. The van der Waals surface area contributed by atoms with Gasteiger partial charge in [-0.2, -0.15) is 0 Å². The number of methoxy groups -OCH3 is 1. The van der Waals surface area contributed by atoms with Crippen molar-refractivity contribution in [1.82, 2.24) is 0 Å². The largest absolute Gasteiger partial charge is 0.504 e. The predicted molar refractivity (Wildman–Crippen MR) is 97.2 cm³/mol. The number of hydrogen-bond donors (Lipinski definition) is 1. The minimum absolute atomic E-state index is 0.00278. The molecule has 0 fully saturated rings. The van der Waals surface area contributed by atoms with Gasteiger partial charge in [-0.1, -0.05) is 45.6 Å². The predicted octanol–water partition coefficient (Wildman–Crippen LogP) is 5.10. The van der Waals surface area contributed by atoms with Crippen LogP contribution in [-0.4, -0.2) is 24.3 Å². The van der Waals surface area contributed by atoms with Crippen LogP contribution in [0.25, 0.3) is 6.08 Å². The Morgan fingerprint density at radius 1 is 1.17 bits per heavy atom. The van der Waals surface area contributed by atoms with E-state index < -0.39 is 0 Å². The standard InChI is InChI=1S/C20H30O4/c1-4-6-8-10-17(9-7-5-2)24-20(22)14-12-16-11-13-18(21)19(15-16)23-3/h11-15,17,21H,4-10H2,1-3H3/b14-12+. The average molecular weight is 334 g/mol. The number of rotatable bonds is 11. The molecule has 1 aromatic carbocycles. The summed E-state index contributed by atoms with van der Waals surface area (Å²) in [6.45, 7) is 4.31. The van der Waals surface area contributed by atoms with Crippen molar-refractivity contribution in [2.75, 3.05) is 7.11 Å². The van der Waals surface area contributed by atoms with Crippen molar-refractivity contribution >= 4 is 12.0 Å². The lowest BCUT2D eigenvalue weighted by molar-refractivity contribution is -0.143. The van der Waals surface area contributed by atoms with E-state index in [0.717, 1.165) is 44.1 Å². The summed E-state index contributed by atoms with van der Waals surface area (Å²) in [6, 6.07) is 4.94. The van der Waals surface area contributed by atoms with Crippen LogP contribution in [-0.2, 0) is 9.53 Å². The van der Waals surface area contributed by atoms with E-state index in [4.69, 9.17) is 9.47 Å². The third kappa shape index (κ3) is 7.53. The monoisotopic (exact) mass is 334 g/mol. The van der Waals surface area contributed by atoms with Crippen molar-refractivity contribution in [3.05, 3.63) is 29.8 Å². The molecule has 134 valence electrons. The van der Waals surface area contributed by atoms with Crippen molar-refractivity contribution < 1.29 is 19.4 Å². The average Bonchev–Trinajstić information content (AvgIpc) is 2.59. The van der Waals surface area contributed by atoms with Gasteiger partial charge >= 0.3 is 5.97 Å². The van der Waals surface area contributed by atoms with Crippen LogP contribution in [0.3, 0.4) is 0 Å². The second-order valence-corrected chi connectivity index (χ2v) is 5.96. The van der Waals surface area contributed by atoms with Crippen LogP contribution < -0.4 is 4.74 Å². The molecule has 0 aliphatic heterocycles. The summed E-state index contributed by atoms with van der Waals surface area (Å²) in [5.41, 5.74) is 0.776. The summed E-state index contributed by atoms with van der Waals surface area (Å²) in [7, 11) is 1.49. The minimum atomic E-state index is -0.320. The summed E-state index contributed by atoms with van der Waals surface area (Å²) in [5.74, 6) is 0.137. The van der Waals surface area contributed by atoms with Crippen molar-refractivity contribution in [1.29, 1.82) is 0 Å². The van der Waals surface area contributed by atoms with Crippen LogP contribution in [0.2, 0.25) is 0 Å². The molecule has 1 aromatic rings. The Kier molecular flexibility index (Phi) is 9.66. The van der Waals surface area contributed by atoms with Gasteiger partial charge in [0.25, 0.3) is 0 Å². The molecule has 0 heterocycles. The van der Waals surface area contributed by atoms with Crippen LogP contribution in [0, 0.1) is 0 Å². The number of benzene rings is 1. The number of phenolic OH excluding ortho intramolecular Hbond substituents is 1. The molecule has 0 saturated carbocycles. The van der Waals surface area contributed by atoms with Gasteiger partial charge in [-0.3, -0.25) is 0 Å². The topological polar surface area (TPSA) is 55.8 Å². The Morgan fingerprint density at radius 2 is 1.88 bits per heavy atom. The van der Waals surface area contributed by atoms with E-state index in [2.05, 4.69) is 13.8 Å². The van der Waals surface area contributed by atoms with Crippen LogP contribution >= 0.6 is 0 Å². The van der Waals surface area contributed by atoms with E-state index >= 15 is 0 Å². The number of carbonyl (C=O) groups excluding carboxylic acids is 1. The van der Waals surface area contributed by atoms with Gasteiger partial charge in [0, 0.05) is 6.08 Å². The maximum Gasteiger partial charge on any atom is 0.331 e. The zero-order chi connectivity index (χ0) is 17.8. The Labute approximate surface area is 145 Å². The van der Waals surface area contributed by atoms with E-state index in [1.807, 2.05) is 0 Å². The van der Waals surface area contributed by atoms with Gasteiger partial charge in [0.05, 0.1) is 7.11 Å². The fourth-order valence-corrected chi connectivity index (χ4v) is 2.48. The summed E-state index contributed by atoms with van der Waals surface area (Å²) < 4.78 is 10.7. The molecule has 0 saturated heterocycles. The Bertz CT molecular complexity index is 522. The highest BCUT2D eigenvalue weighted by molar-refractivity contribution is 5.87. The number of unbranched alkanes of at least 4 members (excludes halogenated alkanes) is 3. The van der Waals surface area contributed by atoms with Gasteiger partial charge in [0.2, 0.25) is 0 Å². The van der Waals surface area contributed by atoms with Gasteiger partial charge in [-0.25, -0.2) is 4.79 Å². The van der Waals surface area contributed by atoms with E-state index in [9.17, 15) is 9.90 Å². The van der Waals surface area contributed by atoms with Gasteiger partial charge < -0.3 is 14.6 Å². The highest BCUT2D eigenvalue weighted by Crippen LogP contribution is 2.26. The minimum Gasteiger partial charge on any atom is -0.504 e. The molecule has 1 unspecified atom stereocenters. The maximum absolute atomic E-state index is 12.1. The lowest BCUT2D eigenvalue weighted by Gasteiger charge is -2.16. The first-order valence-electron chi connectivity index (χ1n) is 8.86. The molecule has 4 nitrogen and oxygen atoms in total. The summed E-state index contributed by atoms with van der Waals surface area (Å²) in [5, 5.41) is 9.58. The molecule has 1 N–H and O–H groups in total. The molecule has 0 amide bonds. The van der Waals surface area contributed by atoms with Crippen LogP contribution in [0.4, 0.5) is 0 Å². The molecule has 24 heavy (non-hydrogen) atoms. The zero-order valence-corrected chi connectivity index (χ0v) is 15.1. The molecule has 0 radical (unpaired) electrons.